The van der Waals surface area contributed by atoms with Gasteiger partial charge in [0.05, 0.1) is 14.2 Å². The van der Waals surface area contributed by atoms with Crippen molar-refractivity contribution >= 4 is 11.6 Å². The Bertz CT molecular complexity index is 727. The van der Waals surface area contributed by atoms with E-state index in [0.717, 1.165) is 16.8 Å². The van der Waals surface area contributed by atoms with Crippen LogP contribution in [0, 0.1) is 6.92 Å². The number of benzene rings is 2. The van der Waals surface area contributed by atoms with E-state index in [4.69, 9.17) is 9.47 Å². The highest BCUT2D eigenvalue weighted by Gasteiger charge is 2.11. The Balaban J connectivity index is 2.13. The summed E-state index contributed by atoms with van der Waals surface area (Å²) in [5.41, 5.74) is 3.66. The van der Waals surface area contributed by atoms with Crippen LogP contribution in [-0.2, 0) is 6.54 Å². The standard InChI is InChI=1S/C19H24N2O3/c1-13-9-17(23-4)18(24-5)11-15(13)12-20-19(22)14-7-6-8-16(10-14)21(2)3/h6-11H,12H2,1-5H3,(H,20,22). The van der Waals surface area contributed by atoms with Crippen LogP contribution >= 0.6 is 0 Å². The Morgan fingerprint density at radius 2 is 1.75 bits per heavy atom. The van der Waals surface area contributed by atoms with Crippen LogP contribution in [0.2, 0.25) is 0 Å². The molecule has 1 N–H and O–H groups in total. The van der Waals surface area contributed by atoms with Crippen molar-refractivity contribution in [2.75, 3.05) is 33.2 Å². The minimum Gasteiger partial charge on any atom is -0.493 e. The molecule has 24 heavy (non-hydrogen) atoms. The second-order valence-electron chi connectivity index (χ2n) is 5.76. The maximum absolute atomic E-state index is 12.4. The summed E-state index contributed by atoms with van der Waals surface area (Å²) in [6.45, 7) is 2.41. The molecule has 0 aliphatic heterocycles. The zero-order chi connectivity index (χ0) is 17.7. The summed E-state index contributed by atoms with van der Waals surface area (Å²) >= 11 is 0. The molecule has 2 rings (SSSR count). The highest BCUT2D eigenvalue weighted by Crippen LogP contribution is 2.30. The smallest absolute Gasteiger partial charge is 0.251 e. The Labute approximate surface area is 143 Å². The molecule has 0 aliphatic rings. The van der Waals surface area contributed by atoms with Gasteiger partial charge in [-0.05, 0) is 48.4 Å². The van der Waals surface area contributed by atoms with Gasteiger partial charge in [-0.3, -0.25) is 4.79 Å². The van der Waals surface area contributed by atoms with E-state index in [2.05, 4.69) is 5.32 Å². The first-order valence-electron chi connectivity index (χ1n) is 7.73. The number of nitrogens with one attached hydrogen (secondary N) is 1. The van der Waals surface area contributed by atoms with Crippen LogP contribution in [0.3, 0.4) is 0 Å². The lowest BCUT2D eigenvalue weighted by atomic mass is 10.1. The average Bonchev–Trinajstić information content (AvgIpc) is 2.60. The molecule has 0 aromatic heterocycles. The fourth-order valence-corrected chi connectivity index (χ4v) is 2.42. The maximum Gasteiger partial charge on any atom is 0.251 e. The van der Waals surface area contributed by atoms with Gasteiger partial charge in [-0.25, -0.2) is 0 Å². The summed E-state index contributed by atoms with van der Waals surface area (Å²) in [5, 5.41) is 2.96. The SMILES string of the molecule is COc1cc(C)c(CNC(=O)c2cccc(N(C)C)c2)cc1OC. The zero-order valence-electron chi connectivity index (χ0n) is 14.8. The number of anilines is 1. The van der Waals surface area contributed by atoms with Crippen molar-refractivity contribution in [1.29, 1.82) is 0 Å². The molecular weight excluding hydrogens is 304 g/mol. The Hall–Kier alpha value is -2.69. The van der Waals surface area contributed by atoms with E-state index in [1.807, 2.05) is 62.3 Å². The normalized spacial score (nSPS) is 10.2. The van der Waals surface area contributed by atoms with Crippen molar-refractivity contribution in [3.8, 4) is 11.5 Å². The number of rotatable bonds is 6. The van der Waals surface area contributed by atoms with Gasteiger partial charge < -0.3 is 19.7 Å². The molecule has 5 heteroatoms. The molecule has 0 spiro atoms. The van der Waals surface area contributed by atoms with E-state index in [-0.39, 0.29) is 5.91 Å². The van der Waals surface area contributed by atoms with Crippen LogP contribution in [0.25, 0.3) is 0 Å². The molecule has 0 bridgehead atoms. The van der Waals surface area contributed by atoms with Crippen molar-refractivity contribution in [1.82, 2.24) is 5.32 Å². The van der Waals surface area contributed by atoms with Gasteiger partial charge in [0.15, 0.2) is 11.5 Å². The third-order valence-corrected chi connectivity index (χ3v) is 3.91. The molecule has 128 valence electrons. The molecule has 0 fully saturated rings. The van der Waals surface area contributed by atoms with Gasteiger partial charge in [0.25, 0.3) is 5.91 Å². The second kappa shape index (κ2) is 7.73. The molecule has 0 heterocycles. The molecule has 5 nitrogen and oxygen atoms in total. The van der Waals surface area contributed by atoms with Gasteiger partial charge in [-0.15, -0.1) is 0 Å². The zero-order valence-corrected chi connectivity index (χ0v) is 14.8. The van der Waals surface area contributed by atoms with Crippen molar-refractivity contribution in [3.05, 3.63) is 53.1 Å². The van der Waals surface area contributed by atoms with E-state index >= 15 is 0 Å². The predicted octanol–water partition coefficient (Wildman–Crippen LogP) is 3.01. The van der Waals surface area contributed by atoms with Crippen LogP contribution in [0.4, 0.5) is 5.69 Å². The lowest BCUT2D eigenvalue weighted by Crippen LogP contribution is -2.23. The molecule has 1 amide bonds. The Morgan fingerprint density at radius 3 is 2.38 bits per heavy atom. The van der Waals surface area contributed by atoms with Crippen molar-refractivity contribution in [2.45, 2.75) is 13.5 Å². The number of hydrogen-bond acceptors (Lipinski definition) is 4. The minimum absolute atomic E-state index is 0.104. The first-order chi connectivity index (χ1) is 11.5. The van der Waals surface area contributed by atoms with Crippen LogP contribution < -0.4 is 19.7 Å². The summed E-state index contributed by atoms with van der Waals surface area (Å²) < 4.78 is 10.6. The van der Waals surface area contributed by atoms with E-state index in [0.29, 0.717) is 23.6 Å². The van der Waals surface area contributed by atoms with Gasteiger partial charge in [0.2, 0.25) is 0 Å². The molecule has 0 saturated heterocycles. The summed E-state index contributed by atoms with van der Waals surface area (Å²) in [7, 11) is 7.10. The number of nitrogens with zero attached hydrogens (tertiary/aromatic N) is 1. The predicted molar refractivity (Wildman–Crippen MR) is 96.2 cm³/mol. The Kier molecular flexibility index (Phi) is 5.68. The largest absolute Gasteiger partial charge is 0.493 e. The molecular formula is C19H24N2O3. The molecule has 0 atom stereocenters. The third-order valence-electron chi connectivity index (χ3n) is 3.91. The average molecular weight is 328 g/mol. The van der Waals surface area contributed by atoms with Gasteiger partial charge >= 0.3 is 0 Å². The first-order valence-corrected chi connectivity index (χ1v) is 7.73. The molecule has 0 aliphatic carbocycles. The van der Waals surface area contributed by atoms with Crippen molar-refractivity contribution in [2.24, 2.45) is 0 Å². The highest BCUT2D eigenvalue weighted by atomic mass is 16.5. The monoisotopic (exact) mass is 328 g/mol. The van der Waals surface area contributed by atoms with E-state index in [9.17, 15) is 4.79 Å². The summed E-state index contributed by atoms with van der Waals surface area (Å²) in [4.78, 5) is 14.4. The fourth-order valence-electron chi connectivity index (χ4n) is 2.42. The minimum atomic E-state index is -0.104. The highest BCUT2D eigenvalue weighted by molar-refractivity contribution is 5.95. The lowest BCUT2D eigenvalue weighted by Gasteiger charge is -2.15. The Morgan fingerprint density at radius 1 is 1.08 bits per heavy atom. The van der Waals surface area contributed by atoms with Gasteiger partial charge in [0.1, 0.15) is 0 Å². The summed E-state index contributed by atoms with van der Waals surface area (Å²) in [5.74, 6) is 1.23. The quantitative estimate of drug-likeness (QED) is 0.886. The van der Waals surface area contributed by atoms with E-state index in [1.165, 1.54) is 0 Å². The van der Waals surface area contributed by atoms with Crippen LogP contribution in [0.5, 0.6) is 11.5 Å². The number of amides is 1. The number of carbonyl (C=O) groups excluding carboxylic acids is 1. The summed E-state index contributed by atoms with van der Waals surface area (Å²) in [6.07, 6.45) is 0. The molecule has 0 saturated carbocycles. The fraction of sp³-hybridized carbons (Fsp3) is 0.316. The van der Waals surface area contributed by atoms with Crippen LogP contribution in [0.15, 0.2) is 36.4 Å². The van der Waals surface area contributed by atoms with Crippen LogP contribution in [-0.4, -0.2) is 34.2 Å². The number of aryl methyl sites for hydroxylation is 1. The number of carbonyl (C=O) groups is 1. The number of hydrogen-bond donors (Lipinski definition) is 1. The van der Waals surface area contributed by atoms with Crippen molar-refractivity contribution in [3.63, 3.8) is 0 Å². The maximum atomic E-state index is 12.4. The third kappa shape index (κ3) is 3.98. The van der Waals surface area contributed by atoms with Gasteiger partial charge in [-0.1, -0.05) is 6.07 Å². The topological polar surface area (TPSA) is 50.8 Å². The lowest BCUT2D eigenvalue weighted by molar-refractivity contribution is 0.0951. The van der Waals surface area contributed by atoms with Gasteiger partial charge in [0, 0.05) is 31.9 Å². The van der Waals surface area contributed by atoms with Gasteiger partial charge in [-0.2, -0.15) is 0 Å². The second-order valence-corrected chi connectivity index (χ2v) is 5.76. The molecule has 0 radical (unpaired) electrons. The summed E-state index contributed by atoms with van der Waals surface area (Å²) in [6, 6.07) is 11.3. The first kappa shape index (κ1) is 17.7. The van der Waals surface area contributed by atoms with Crippen LogP contribution in [0.1, 0.15) is 21.5 Å². The van der Waals surface area contributed by atoms with Crippen molar-refractivity contribution < 1.29 is 14.3 Å². The number of methoxy groups -OCH3 is 2. The van der Waals surface area contributed by atoms with E-state index < -0.39 is 0 Å². The number of ether oxygens (including phenoxy) is 2. The molecule has 2 aromatic rings. The van der Waals surface area contributed by atoms with E-state index in [1.54, 1.807) is 14.2 Å². The molecule has 2 aromatic carbocycles. The molecule has 0 unspecified atom stereocenters.